The molecule has 3 aromatic rings. The highest BCUT2D eigenvalue weighted by atomic mass is 16.5. The lowest BCUT2D eigenvalue weighted by Crippen LogP contribution is -1.99. The van der Waals surface area contributed by atoms with Crippen LogP contribution in [0.3, 0.4) is 0 Å². The largest absolute Gasteiger partial charge is 0.493 e. The molecule has 0 fully saturated rings. The van der Waals surface area contributed by atoms with Crippen LogP contribution in [0, 0.1) is 0 Å². The number of ether oxygens (including phenoxy) is 2. The van der Waals surface area contributed by atoms with Gasteiger partial charge in [-0.3, -0.25) is 0 Å². The van der Waals surface area contributed by atoms with Crippen LogP contribution < -0.4 is 9.47 Å². The van der Waals surface area contributed by atoms with Crippen molar-refractivity contribution in [2.24, 2.45) is 0 Å². The summed E-state index contributed by atoms with van der Waals surface area (Å²) in [7, 11) is 0. The smallest absolute Gasteiger partial charge is 0.135 e. The molecular weight excluding hydrogens is 440 g/mol. The number of unbranched alkanes of at least 4 members (excludes halogenated alkanes) is 13. The molecule has 0 N–H and O–H groups in total. The SMILES string of the molecule is CCCCCCCCCCCCCCCCc1ccc2c(OCC)c3ccccc3c(OCC)c2c1. The molecule has 0 amide bonds. The van der Waals surface area contributed by atoms with Crippen LogP contribution in [0.25, 0.3) is 21.5 Å². The van der Waals surface area contributed by atoms with Crippen molar-refractivity contribution >= 4 is 21.5 Å². The summed E-state index contributed by atoms with van der Waals surface area (Å²) in [5.74, 6) is 1.98. The van der Waals surface area contributed by atoms with Crippen LogP contribution >= 0.6 is 0 Å². The second-order valence-electron chi connectivity index (χ2n) is 10.3. The van der Waals surface area contributed by atoms with Gasteiger partial charge in [-0.2, -0.15) is 0 Å². The molecule has 0 heterocycles. The third kappa shape index (κ3) is 8.43. The Morgan fingerprint density at radius 3 is 1.42 bits per heavy atom. The first-order chi connectivity index (χ1) is 17.8. The molecule has 198 valence electrons. The van der Waals surface area contributed by atoms with Gasteiger partial charge in [0.15, 0.2) is 0 Å². The molecule has 0 bridgehead atoms. The Labute approximate surface area is 220 Å². The topological polar surface area (TPSA) is 18.5 Å². The Balaban J connectivity index is 1.46. The Hall–Kier alpha value is -2.22. The summed E-state index contributed by atoms with van der Waals surface area (Å²) < 4.78 is 12.3. The van der Waals surface area contributed by atoms with Crippen molar-refractivity contribution in [2.75, 3.05) is 13.2 Å². The van der Waals surface area contributed by atoms with Gasteiger partial charge in [-0.25, -0.2) is 0 Å². The Morgan fingerprint density at radius 2 is 0.917 bits per heavy atom. The van der Waals surface area contributed by atoms with Gasteiger partial charge in [-0.05, 0) is 38.3 Å². The lowest BCUT2D eigenvalue weighted by molar-refractivity contribution is 0.342. The van der Waals surface area contributed by atoms with Gasteiger partial charge < -0.3 is 9.47 Å². The zero-order valence-corrected chi connectivity index (χ0v) is 23.4. The van der Waals surface area contributed by atoms with E-state index in [0.29, 0.717) is 13.2 Å². The van der Waals surface area contributed by atoms with Crippen LogP contribution in [-0.2, 0) is 6.42 Å². The lowest BCUT2D eigenvalue weighted by Gasteiger charge is -2.17. The molecule has 3 rings (SSSR count). The number of benzene rings is 3. The average molecular weight is 491 g/mol. The lowest BCUT2D eigenvalue weighted by atomic mass is 9.97. The van der Waals surface area contributed by atoms with E-state index >= 15 is 0 Å². The Bertz CT molecular complexity index is 1020. The van der Waals surface area contributed by atoms with E-state index in [1.807, 2.05) is 0 Å². The van der Waals surface area contributed by atoms with Crippen molar-refractivity contribution < 1.29 is 9.47 Å². The number of hydrogen-bond donors (Lipinski definition) is 0. The third-order valence-electron chi connectivity index (χ3n) is 7.39. The highest BCUT2D eigenvalue weighted by Crippen LogP contribution is 2.43. The van der Waals surface area contributed by atoms with E-state index in [1.54, 1.807) is 0 Å². The first kappa shape index (κ1) is 28.4. The standard InChI is InChI=1S/C34H50O2/c1-4-7-8-9-10-11-12-13-14-15-16-17-18-19-22-28-25-26-31-32(27-28)34(36-6-3)30-24-21-20-23-29(30)33(31)35-5-2/h20-21,23-27H,4-19,22H2,1-3H3. The minimum Gasteiger partial charge on any atom is -0.493 e. The van der Waals surface area contributed by atoms with Crippen molar-refractivity contribution in [1.82, 2.24) is 0 Å². The monoisotopic (exact) mass is 490 g/mol. The molecule has 0 saturated heterocycles. The number of hydrogen-bond acceptors (Lipinski definition) is 2. The average Bonchev–Trinajstić information content (AvgIpc) is 2.90. The molecule has 0 saturated carbocycles. The van der Waals surface area contributed by atoms with Gasteiger partial charge in [0, 0.05) is 21.5 Å². The van der Waals surface area contributed by atoms with Crippen LogP contribution in [0.4, 0.5) is 0 Å². The quantitative estimate of drug-likeness (QED) is 0.123. The van der Waals surface area contributed by atoms with E-state index in [0.717, 1.165) is 34.1 Å². The fourth-order valence-electron chi connectivity index (χ4n) is 5.43. The maximum atomic E-state index is 6.19. The second kappa shape index (κ2) is 16.5. The van der Waals surface area contributed by atoms with E-state index in [4.69, 9.17) is 9.47 Å². The van der Waals surface area contributed by atoms with Crippen LogP contribution in [0.1, 0.15) is 116 Å². The number of rotatable bonds is 19. The van der Waals surface area contributed by atoms with Gasteiger partial charge in [0.25, 0.3) is 0 Å². The molecule has 0 unspecified atom stereocenters. The van der Waals surface area contributed by atoms with Crippen molar-refractivity contribution in [3.8, 4) is 11.5 Å². The molecule has 3 aromatic carbocycles. The van der Waals surface area contributed by atoms with Gasteiger partial charge in [-0.1, -0.05) is 127 Å². The summed E-state index contributed by atoms with van der Waals surface area (Å²) in [4.78, 5) is 0. The van der Waals surface area contributed by atoms with Crippen molar-refractivity contribution in [2.45, 2.75) is 117 Å². The molecule has 0 radical (unpaired) electrons. The van der Waals surface area contributed by atoms with E-state index < -0.39 is 0 Å². The molecule has 0 aliphatic heterocycles. The van der Waals surface area contributed by atoms with Gasteiger partial charge in [-0.15, -0.1) is 0 Å². The molecule has 36 heavy (non-hydrogen) atoms. The van der Waals surface area contributed by atoms with E-state index in [1.165, 1.54) is 101 Å². The first-order valence-electron chi connectivity index (χ1n) is 15.0. The van der Waals surface area contributed by atoms with E-state index in [2.05, 4.69) is 63.2 Å². The molecule has 0 aliphatic rings. The van der Waals surface area contributed by atoms with E-state index in [9.17, 15) is 0 Å². The fourth-order valence-corrected chi connectivity index (χ4v) is 5.43. The van der Waals surface area contributed by atoms with Crippen LogP contribution in [-0.4, -0.2) is 13.2 Å². The first-order valence-corrected chi connectivity index (χ1v) is 15.0. The molecule has 0 spiro atoms. The number of fused-ring (bicyclic) bond motifs is 2. The summed E-state index contributed by atoms with van der Waals surface area (Å²) >= 11 is 0. The normalized spacial score (nSPS) is 11.4. The Morgan fingerprint density at radius 1 is 0.472 bits per heavy atom. The van der Waals surface area contributed by atoms with Crippen molar-refractivity contribution in [1.29, 1.82) is 0 Å². The predicted molar refractivity (Wildman–Crippen MR) is 158 cm³/mol. The zero-order valence-electron chi connectivity index (χ0n) is 23.4. The summed E-state index contributed by atoms with van der Waals surface area (Å²) in [6.07, 6.45) is 20.8. The molecule has 2 heteroatoms. The molecule has 0 aromatic heterocycles. The molecule has 0 aliphatic carbocycles. The van der Waals surface area contributed by atoms with Gasteiger partial charge in [0.1, 0.15) is 11.5 Å². The summed E-state index contributed by atoms with van der Waals surface area (Å²) in [6.45, 7) is 7.74. The predicted octanol–water partition coefficient (Wildman–Crippen LogP) is 10.8. The summed E-state index contributed by atoms with van der Waals surface area (Å²) in [5, 5.41) is 4.62. The highest BCUT2D eigenvalue weighted by Gasteiger charge is 2.16. The van der Waals surface area contributed by atoms with Crippen LogP contribution in [0.15, 0.2) is 42.5 Å². The Kier molecular flexibility index (Phi) is 13.0. The maximum absolute atomic E-state index is 6.19. The van der Waals surface area contributed by atoms with Gasteiger partial charge in [0.2, 0.25) is 0 Å². The van der Waals surface area contributed by atoms with Crippen LogP contribution in [0.2, 0.25) is 0 Å². The number of aryl methyl sites for hydroxylation is 1. The van der Waals surface area contributed by atoms with E-state index in [-0.39, 0.29) is 0 Å². The minimum atomic E-state index is 0.661. The summed E-state index contributed by atoms with van der Waals surface area (Å²) in [5.41, 5.74) is 1.40. The van der Waals surface area contributed by atoms with Crippen LogP contribution in [0.5, 0.6) is 11.5 Å². The molecule has 0 atom stereocenters. The minimum absolute atomic E-state index is 0.661. The van der Waals surface area contributed by atoms with Gasteiger partial charge in [0.05, 0.1) is 13.2 Å². The van der Waals surface area contributed by atoms with Crippen molar-refractivity contribution in [3.63, 3.8) is 0 Å². The fraction of sp³-hybridized carbons (Fsp3) is 0.588. The molecule has 2 nitrogen and oxygen atoms in total. The third-order valence-corrected chi connectivity index (χ3v) is 7.39. The van der Waals surface area contributed by atoms with Gasteiger partial charge >= 0.3 is 0 Å². The second-order valence-corrected chi connectivity index (χ2v) is 10.3. The highest BCUT2D eigenvalue weighted by molar-refractivity contribution is 6.11. The molecular formula is C34H50O2. The van der Waals surface area contributed by atoms with Crippen molar-refractivity contribution in [3.05, 3.63) is 48.0 Å². The maximum Gasteiger partial charge on any atom is 0.135 e. The zero-order chi connectivity index (χ0) is 25.4. The summed E-state index contributed by atoms with van der Waals surface area (Å²) in [6, 6.07) is 15.3.